The lowest BCUT2D eigenvalue weighted by molar-refractivity contribution is -0.196. The standard InChI is InChI=1S/C21H24N4O3S.C8H11N/c1-22-14-20(27)25-18(12-16-6-3-2-4-7-16)21(28)23(13-19(25)24(22)15-26)10-9-17-8-5-11-29-17;1-9-7-8-5-3-2-4-6-8/h2-8,11,15,18-19H,9-10,12-14H2,1H3;2-6,9H,7H2,1H3/t18-,19?;/m0./s1. The Kier molecular flexibility index (Phi) is 9.64. The Morgan fingerprint density at radius 3 is 2.26 bits per heavy atom. The van der Waals surface area contributed by atoms with Crippen LogP contribution in [-0.2, 0) is 33.8 Å². The van der Waals surface area contributed by atoms with Crippen LogP contribution in [0, 0.1) is 0 Å². The third-order valence-corrected chi connectivity index (χ3v) is 7.74. The van der Waals surface area contributed by atoms with Crippen LogP contribution in [0.4, 0.5) is 0 Å². The summed E-state index contributed by atoms with van der Waals surface area (Å²) in [6, 6.07) is 23.5. The molecule has 1 unspecified atom stereocenters. The summed E-state index contributed by atoms with van der Waals surface area (Å²) in [6.07, 6.45) is 1.47. The number of thiophene rings is 1. The van der Waals surface area contributed by atoms with E-state index in [1.165, 1.54) is 15.4 Å². The quantitative estimate of drug-likeness (QED) is 0.451. The highest BCUT2D eigenvalue weighted by Crippen LogP contribution is 2.27. The Hall–Kier alpha value is -3.53. The van der Waals surface area contributed by atoms with E-state index in [4.69, 9.17) is 0 Å². The minimum absolute atomic E-state index is 0.0505. The molecule has 3 heterocycles. The van der Waals surface area contributed by atoms with E-state index in [0.29, 0.717) is 19.5 Å². The zero-order valence-corrected chi connectivity index (χ0v) is 22.7. The van der Waals surface area contributed by atoms with Crippen molar-refractivity contribution < 1.29 is 14.4 Å². The molecule has 0 spiro atoms. The van der Waals surface area contributed by atoms with Gasteiger partial charge in [-0.05, 0) is 36.0 Å². The molecule has 38 heavy (non-hydrogen) atoms. The molecule has 2 fully saturated rings. The normalized spacial score (nSPS) is 19.6. The first-order valence-corrected chi connectivity index (χ1v) is 13.7. The SMILES string of the molecule is CN1CC(=O)N2C(CN(CCc3cccs3)C(=O)[C@@H]2Cc2ccccc2)N1C=O.CNCc1ccccc1. The smallest absolute Gasteiger partial charge is 0.245 e. The van der Waals surface area contributed by atoms with Gasteiger partial charge in [-0.1, -0.05) is 66.7 Å². The molecule has 0 bridgehead atoms. The molecule has 2 aliphatic rings. The van der Waals surface area contributed by atoms with Crippen molar-refractivity contribution in [2.24, 2.45) is 0 Å². The zero-order chi connectivity index (χ0) is 26.9. The predicted molar refractivity (Wildman–Crippen MR) is 149 cm³/mol. The number of amides is 3. The molecule has 0 saturated carbocycles. The second-order valence-corrected chi connectivity index (χ2v) is 10.5. The van der Waals surface area contributed by atoms with Gasteiger partial charge in [0.05, 0.1) is 13.1 Å². The van der Waals surface area contributed by atoms with Gasteiger partial charge in [0.1, 0.15) is 12.2 Å². The monoisotopic (exact) mass is 533 g/mol. The van der Waals surface area contributed by atoms with Crippen LogP contribution in [0.5, 0.6) is 0 Å². The van der Waals surface area contributed by atoms with Crippen LogP contribution in [0.25, 0.3) is 0 Å². The van der Waals surface area contributed by atoms with Crippen LogP contribution in [0.3, 0.4) is 0 Å². The lowest BCUT2D eigenvalue weighted by Crippen LogP contribution is -2.74. The number of nitrogens with one attached hydrogen (secondary N) is 1. The number of hydrogen-bond donors (Lipinski definition) is 1. The summed E-state index contributed by atoms with van der Waals surface area (Å²) < 4.78 is 0. The van der Waals surface area contributed by atoms with Crippen LogP contribution >= 0.6 is 11.3 Å². The van der Waals surface area contributed by atoms with E-state index < -0.39 is 12.2 Å². The van der Waals surface area contributed by atoms with Gasteiger partial charge in [0, 0.05) is 31.4 Å². The lowest BCUT2D eigenvalue weighted by atomic mass is 9.99. The minimum Gasteiger partial charge on any atom is -0.337 e. The Balaban J connectivity index is 0.000000317. The molecule has 2 saturated heterocycles. The zero-order valence-electron chi connectivity index (χ0n) is 21.9. The molecular formula is C29H35N5O3S. The highest BCUT2D eigenvalue weighted by atomic mass is 32.1. The average Bonchev–Trinajstić information content (AvgIpc) is 3.45. The number of fused-ring (bicyclic) bond motifs is 1. The largest absolute Gasteiger partial charge is 0.337 e. The maximum Gasteiger partial charge on any atom is 0.245 e. The van der Waals surface area contributed by atoms with Crippen LogP contribution in [0.2, 0.25) is 0 Å². The number of likely N-dealkylation sites (N-methyl/N-ethyl adjacent to an activating group) is 1. The number of hydrogen-bond acceptors (Lipinski definition) is 6. The van der Waals surface area contributed by atoms with Crippen molar-refractivity contribution in [1.82, 2.24) is 25.1 Å². The second-order valence-electron chi connectivity index (χ2n) is 9.42. The molecule has 2 aromatic carbocycles. The molecule has 3 amide bonds. The number of benzene rings is 2. The minimum atomic E-state index is -0.608. The van der Waals surface area contributed by atoms with Crippen molar-refractivity contribution in [3.63, 3.8) is 0 Å². The topological polar surface area (TPSA) is 76.2 Å². The van der Waals surface area contributed by atoms with Gasteiger partial charge in [0.25, 0.3) is 0 Å². The highest BCUT2D eigenvalue weighted by Gasteiger charge is 2.48. The summed E-state index contributed by atoms with van der Waals surface area (Å²) in [5, 5.41) is 8.27. The van der Waals surface area contributed by atoms with Gasteiger partial charge in [-0.25, -0.2) is 5.01 Å². The van der Waals surface area contributed by atoms with Crippen molar-refractivity contribution in [2.75, 3.05) is 33.7 Å². The van der Waals surface area contributed by atoms with Gasteiger partial charge in [0.15, 0.2) is 0 Å². The molecule has 1 N–H and O–H groups in total. The van der Waals surface area contributed by atoms with Crippen molar-refractivity contribution >= 4 is 29.6 Å². The Bertz CT molecular complexity index is 1180. The molecule has 2 atom stereocenters. The number of hydrazine groups is 1. The molecule has 200 valence electrons. The third-order valence-electron chi connectivity index (χ3n) is 6.80. The van der Waals surface area contributed by atoms with Gasteiger partial charge < -0.3 is 15.1 Å². The molecule has 5 rings (SSSR count). The summed E-state index contributed by atoms with van der Waals surface area (Å²) in [5.74, 6) is -0.173. The van der Waals surface area contributed by atoms with Gasteiger partial charge in [-0.15, -0.1) is 11.3 Å². The molecule has 0 aliphatic carbocycles. The highest BCUT2D eigenvalue weighted by molar-refractivity contribution is 7.09. The van der Waals surface area contributed by atoms with Crippen molar-refractivity contribution in [3.05, 3.63) is 94.2 Å². The van der Waals surface area contributed by atoms with Crippen molar-refractivity contribution in [3.8, 4) is 0 Å². The molecule has 2 aliphatic heterocycles. The Labute approximate surface area is 228 Å². The Morgan fingerprint density at radius 1 is 0.974 bits per heavy atom. The first kappa shape index (κ1) is 27.5. The summed E-state index contributed by atoms with van der Waals surface area (Å²) >= 11 is 1.67. The van der Waals surface area contributed by atoms with Gasteiger partial charge in [-0.2, -0.15) is 0 Å². The van der Waals surface area contributed by atoms with Crippen LogP contribution < -0.4 is 5.32 Å². The number of piperazine rings is 1. The molecule has 9 heteroatoms. The summed E-state index contributed by atoms with van der Waals surface area (Å²) in [7, 11) is 3.68. The number of rotatable bonds is 8. The molecular weight excluding hydrogens is 498 g/mol. The van der Waals surface area contributed by atoms with Gasteiger partial charge in [0.2, 0.25) is 18.2 Å². The fourth-order valence-corrected chi connectivity index (χ4v) is 5.62. The molecule has 1 aromatic heterocycles. The third kappa shape index (κ3) is 6.66. The first-order valence-electron chi connectivity index (χ1n) is 12.8. The summed E-state index contributed by atoms with van der Waals surface area (Å²) in [5.41, 5.74) is 2.33. The van der Waals surface area contributed by atoms with Crippen molar-refractivity contribution in [1.29, 1.82) is 0 Å². The molecule has 0 radical (unpaired) electrons. The maximum atomic E-state index is 13.4. The second kappa shape index (κ2) is 13.3. The number of nitrogens with zero attached hydrogens (tertiary/aromatic N) is 4. The molecule has 8 nitrogen and oxygen atoms in total. The van der Waals surface area contributed by atoms with Gasteiger partial charge >= 0.3 is 0 Å². The van der Waals surface area contributed by atoms with E-state index in [-0.39, 0.29) is 18.4 Å². The summed E-state index contributed by atoms with van der Waals surface area (Å²) in [6.45, 7) is 1.94. The van der Waals surface area contributed by atoms with Crippen molar-refractivity contribution in [2.45, 2.75) is 31.6 Å². The van der Waals surface area contributed by atoms with Crippen LogP contribution in [0.1, 0.15) is 16.0 Å². The molecule has 3 aromatic rings. The number of carbonyl (C=O) groups excluding carboxylic acids is 3. The summed E-state index contributed by atoms with van der Waals surface area (Å²) in [4.78, 5) is 42.7. The van der Waals surface area contributed by atoms with Crippen LogP contribution in [0.15, 0.2) is 78.2 Å². The van der Waals surface area contributed by atoms with E-state index in [1.807, 2.05) is 67.0 Å². The van der Waals surface area contributed by atoms with E-state index in [9.17, 15) is 14.4 Å². The average molecular weight is 534 g/mol. The lowest BCUT2D eigenvalue weighted by Gasteiger charge is -2.53. The maximum absolute atomic E-state index is 13.4. The first-order chi connectivity index (χ1) is 18.5. The predicted octanol–water partition coefficient (Wildman–Crippen LogP) is 2.62. The van der Waals surface area contributed by atoms with E-state index in [2.05, 4.69) is 23.5 Å². The van der Waals surface area contributed by atoms with Crippen LogP contribution in [-0.4, -0.2) is 84.0 Å². The van der Waals surface area contributed by atoms with E-state index >= 15 is 0 Å². The number of carbonyl (C=O) groups is 3. The fourth-order valence-electron chi connectivity index (χ4n) is 4.93. The van der Waals surface area contributed by atoms with Gasteiger partial charge in [-0.3, -0.25) is 19.4 Å². The van der Waals surface area contributed by atoms with E-state index in [1.54, 1.807) is 33.2 Å². The van der Waals surface area contributed by atoms with E-state index in [0.717, 1.165) is 24.9 Å². The fraction of sp³-hybridized carbons (Fsp3) is 0.345. The Morgan fingerprint density at radius 2 is 1.66 bits per heavy atom.